The molecule has 0 spiro atoms. The topological polar surface area (TPSA) is 44.4 Å². The molecule has 0 bridgehead atoms. The Morgan fingerprint density at radius 2 is 2.22 bits per heavy atom. The van der Waals surface area contributed by atoms with Gasteiger partial charge in [0, 0.05) is 19.1 Å². The van der Waals surface area contributed by atoms with E-state index in [1.807, 2.05) is 12.2 Å². The maximum absolute atomic E-state index is 12.1. The van der Waals surface area contributed by atoms with E-state index in [0.29, 0.717) is 13.1 Å². The molecule has 1 rings (SSSR count). The second-order valence-corrected chi connectivity index (χ2v) is 4.47. The minimum atomic E-state index is -4.36. The Kier molecular flexibility index (Phi) is 5.71. The van der Waals surface area contributed by atoms with E-state index in [1.165, 1.54) is 4.90 Å². The highest BCUT2D eigenvalue weighted by atomic mass is 19.4. The van der Waals surface area contributed by atoms with Gasteiger partial charge in [0.05, 0.1) is 0 Å². The van der Waals surface area contributed by atoms with Crippen molar-refractivity contribution in [3.63, 3.8) is 0 Å². The normalized spacial score (nSPS) is 20.6. The van der Waals surface area contributed by atoms with E-state index >= 15 is 0 Å². The number of alkyl halides is 3. The molecule has 2 N–H and O–H groups in total. The lowest BCUT2D eigenvalue weighted by atomic mass is 10.1. The number of hydrogen-bond acceptors (Lipinski definition) is 2. The number of carbonyl (C=O) groups excluding carboxylic acids is 1. The maximum atomic E-state index is 12.1. The zero-order chi connectivity index (χ0) is 13.6. The van der Waals surface area contributed by atoms with Crippen molar-refractivity contribution in [3.8, 4) is 0 Å². The SMILES string of the molecule is CCCN(C(=O)NCC(F)(F)F)C1CCCNC1. The van der Waals surface area contributed by atoms with Gasteiger partial charge in [-0.3, -0.25) is 0 Å². The third-order valence-corrected chi connectivity index (χ3v) is 2.88. The van der Waals surface area contributed by atoms with Gasteiger partial charge in [-0.05, 0) is 25.8 Å². The summed E-state index contributed by atoms with van der Waals surface area (Å²) in [5.41, 5.74) is 0. The first kappa shape index (κ1) is 15.1. The summed E-state index contributed by atoms with van der Waals surface area (Å²) in [4.78, 5) is 13.3. The third-order valence-electron chi connectivity index (χ3n) is 2.88. The second-order valence-electron chi connectivity index (χ2n) is 4.47. The Bertz CT molecular complexity index is 265. The summed E-state index contributed by atoms with van der Waals surface area (Å²) < 4.78 is 36.2. The number of halogens is 3. The molecule has 0 aliphatic carbocycles. The molecular weight excluding hydrogens is 247 g/mol. The Hall–Kier alpha value is -0.980. The zero-order valence-electron chi connectivity index (χ0n) is 10.5. The first-order valence-corrected chi connectivity index (χ1v) is 6.26. The van der Waals surface area contributed by atoms with Gasteiger partial charge in [0.25, 0.3) is 0 Å². The van der Waals surface area contributed by atoms with E-state index in [2.05, 4.69) is 5.32 Å². The minimum absolute atomic E-state index is 0.00747. The highest BCUT2D eigenvalue weighted by Gasteiger charge is 2.30. The van der Waals surface area contributed by atoms with Crippen LogP contribution in [0.2, 0.25) is 0 Å². The van der Waals surface area contributed by atoms with Gasteiger partial charge in [-0.25, -0.2) is 4.79 Å². The highest BCUT2D eigenvalue weighted by molar-refractivity contribution is 5.74. The maximum Gasteiger partial charge on any atom is 0.405 e. The van der Waals surface area contributed by atoms with E-state index in [-0.39, 0.29) is 6.04 Å². The van der Waals surface area contributed by atoms with E-state index in [4.69, 9.17) is 0 Å². The Balaban J connectivity index is 2.51. The lowest BCUT2D eigenvalue weighted by molar-refractivity contribution is -0.123. The molecule has 1 unspecified atom stereocenters. The number of piperidine rings is 1. The van der Waals surface area contributed by atoms with Crippen molar-refractivity contribution in [1.82, 2.24) is 15.5 Å². The van der Waals surface area contributed by atoms with Crippen LogP contribution in [0.3, 0.4) is 0 Å². The van der Waals surface area contributed by atoms with Crippen molar-refractivity contribution < 1.29 is 18.0 Å². The molecule has 1 aliphatic heterocycles. The summed E-state index contributed by atoms with van der Waals surface area (Å²) in [6, 6.07) is -0.630. The molecule has 0 radical (unpaired) electrons. The van der Waals surface area contributed by atoms with Crippen LogP contribution >= 0.6 is 0 Å². The smallest absolute Gasteiger partial charge is 0.329 e. The van der Waals surface area contributed by atoms with E-state index < -0.39 is 18.8 Å². The average Bonchev–Trinajstić information content (AvgIpc) is 2.33. The standard InChI is InChI=1S/C11H20F3N3O/c1-2-6-17(9-4-3-5-15-7-9)10(18)16-8-11(12,13)14/h9,15H,2-8H2,1H3,(H,16,18). The average molecular weight is 267 g/mol. The fourth-order valence-electron chi connectivity index (χ4n) is 2.07. The van der Waals surface area contributed by atoms with Crippen molar-refractivity contribution in [3.05, 3.63) is 0 Å². The fraction of sp³-hybridized carbons (Fsp3) is 0.909. The van der Waals surface area contributed by atoms with Gasteiger partial charge in [0.15, 0.2) is 0 Å². The van der Waals surface area contributed by atoms with Gasteiger partial charge >= 0.3 is 12.2 Å². The number of urea groups is 1. The third kappa shape index (κ3) is 5.12. The Morgan fingerprint density at radius 1 is 1.50 bits per heavy atom. The molecule has 2 amide bonds. The summed E-state index contributed by atoms with van der Waals surface area (Å²) in [7, 11) is 0. The van der Waals surface area contributed by atoms with Gasteiger partial charge in [-0.2, -0.15) is 13.2 Å². The minimum Gasteiger partial charge on any atom is -0.329 e. The molecule has 0 aromatic heterocycles. The van der Waals surface area contributed by atoms with Gasteiger partial charge in [-0.15, -0.1) is 0 Å². The molecule has 1 aliphatic rings. The molecule has 1 heterocycles. The molecule has 1 atom stereocenters. The molecule has 7 heteroatoms. The number of amides is 2. The Labute approximate surface area is 105 Å². The van der Waals surface area contributed by atoms with Crippen molar-refractivity contribution in [2.75, 3.05) is 26.2 Å². The fourth-order valence-corrected chi connectivity index (χ4v) is 2.07. The first-order chi connectivity index (χ1) is 8.44. The predicted octanol–water partition coefficient (Wildman–Crippen LogP) is 1.72. The summed E-state index contributed by atoms with van der Waals surface area (Å²) in [5.74, 6) is 0. The summed E-state index contributed by atoms with van der Waals surface area (Å²) >= 11 is 0. The van der Waals surface area contributed by atoms with Crippen LogP contribution in [0.25, 0.3) is 0 Å². The molecule has 4 nitrogen and oxygen atoms in total. The van der Waals surface area contributed by atoms with E-state index in [1.54, 1.807) is 0 Å². The van der Waals surface area contributed by atoms with Crippen LogP contribution in [-0.2, 0) is 0 Å². The summed E-state index contributed by atoms with van der Waals surface area (Å²) in [6.07, 6.45) is -1.85. The van der Waals surface area contributed by atoms with E-state index in [0.717, 1.165) is 25.8 Å². The molecule has 0 aromatic carbocycles. The molecule has 1 fully saturated rings. The molecule has 0 saturated carbocycles. The Morgan fingerprint density at radius 3 is 2.72 bits per heavy atom. The van der Waals surface area contributed by atoms with Gasteiger partial charge < -0.3 is 15.5 Å². The van der Waals surface area contributed by atoms with Crippen molar-refractivity contribution in [2.45, 2.75) is 38.4 Å². The molecule has 18 heavy (non-hydrogen) atoms. The van der Waals surface area contributed by atoms with Crippen LogP contribution in [0.5, 0.6) is 0 Å². The molecule has 1 saturated heterocycles. The summed E-state index contributed by atoms with van der Waals surface area (Å²) in [5, 5.41) is 5.10. The van der Waals surface area contributed by atoms with Crippen molar-refractivity contribution in [2.24, 2.45) is 0 Å². The van der Waals surface area contributed by atoms with Crippen molar-refractivity contribution >= 4 is 6.03 Å². The van der Waals surface area contributed by atoms with Crippen LogP contribution in [0, 0.1) is 0 Å². The largest absolute Gasteiger partial charge is 0.405 e. The van der Waals surface area contributed by atoms with Crippen LogP contribution in [0.1, 0.15) is 26.2 Å². The van der Waals surface area contributed by atoms with Gasteiger partial charge in [0.1, 0.15) is 6.54 Å². The van der Waals surface area contributed by atoms with Gasteiger partial charge in [-0.1, -0.05) is 6.92 Å². The molecule has 106 valence electrons. The van der Waals surface area contributed by atoms with E-state index in [9.17, 15) is 18.0 Å². The predicted molar refractivity (Wildman–Crippen MR) is 62.3 cm³/mol. The van der Waals surface area contributed by atoms with Gasteiger partial charge in [0.2, 0.25) is 0 Å². The van der Waals surface area contributed by atoms with Crippen LogP contribution in [-0.4, -0.2) is 49.3 Å². The van der Waals surface area contributed by atoms with Crippen molar-refractivity contribution in [1.29, 1.82) is 0 Å². The molecular formula is C11H20F3N3O. The zero-order valence-corrected chi connectivity index (χ0v) is 10.5. The number of hydrogen-bond donors (Lipinski definition) is 2. The number of nitrogens with zero attached hydrogens (tertiary/aromatic N) is 1. The number of rotatable bonds is 4. The summed E-state index contributed by atoms with van der Waals surface area (Å²) in [6.45, 7) is 2.67. The monoisotopic (exact) mass is 267 g/mol. The lowest BCUT2D eigenvalue weighted by Gasteiger charge is -2.34. The number of nitrogens with one attached hydrogen (secondary N) is 2. The van der Waals surface area contributed by atoms with Crippen LogP contribution in [0.15, 0.2) is 0 Å². The second kappa shape index (κ2) is 6.82. The molecule has 0 aromatic rings. The quantitative estimate of drug-likeness (QED) is 0.814. The highest BCUT2D eigenvalue weighted by Crippen LogP contribution is 2.14. The van der Waals surface area contributed by atoms with Crippen LogP contribution in [0.4, 0.5) is 18.0 Å². The van der Waals surface area contributed by atoms with Crippen LogP contribution < -0.4 is 10.6 Å². The first-order valence-electron chi connectivity index (χ1n) is 6.26. The lowest BCUT2D eigenvalue weighted by Crippen LogP contribution is -2.53. The number of carbonyl (C=O) groups is 1.